The van der Waals surface area contributed by atoms with Gasteiger partial charge in [0.1, 0.15) is 0 Å². The molecule has 1 rings (SSSR count). The Labute approximate surface area is 103 Å². The summed E-state index contributed by atoms with van der Waals surface area (Å²) in [4.78, 5) is 12.0. The Bertz CT molecular complexity index is 387. The molecule has 1 aromatic rings. The fourth-order valence-electron chi connectivity index (χ4n) is 1.14. The van der Waals surface area contributed by atoms with Crippen molar-refractivity contribution in [2.45, 2.75) is 23.6 Å². The van der Waals surface area contributed by atoms with E-state index in [1.165, 1.54) is 0 Å². The Morgan fingerprint density at radius 1 is 1.35 bits per heavy atom. The third-order valence-corrected chi connectivity index (χ3v) is 2.98. The summed E-state index contributed by atoms with van der Waals surface area (Å²) >= 11 is 0.418. The summed E-state index contributed by atoms with van der Waals surface area (Å²) in [6.45, 7) is 1.69. The zero-order valence-electron chi connectivity index (χ0n) is 9.54. The highest BCUT2D eigenvalue weighted by Gasteiger charge is 2.14. The molecule has 0 aromatic heterocycles. The van der Waals surface area contributed by atoms with Gasteiger partial charge in [-0.1, -0.05) is 23.9 Å². The second-order valence-corrected chi connectivity index (χ2v) is 4.41. The highest BCUT2D eigenvalue weighted by Crippen LogP contribution is 2.31. The van der Waals surface area contributed by atoms with Crippen LogP contribution in [0.25, 0.3) is 0 Å². The Hall–Kier alpha value is -1.14. The van der Waals surface area contributed by atoms with Crippen LogP contribution in [0.1, 0.15) is 6.92 Å². The molecule has 94 valence electrons. The van der Waals surface area contributed by atoms with Crippen molar-refractivity contribution in [3.05, 3.63) is 24.3 Å². The maximum atomic E-state index is 12.3. The molecule has 2 N–H and O–H groups in total. The van der Waals surface area contributed by atoms with Gasteiger partial charge in [-0.3, -0.25) is 4.79 Å². The number of thioether (sulfide) groups is 1. The smallest absolute Gasteiger partial charge is 0.288 e. The molecule has 17 heavy (non-hydrogen) atoms. The van der Waals surface area contributed by atoms with Crippen molar-refractivity contribution in [1.82, 2.24) is 5.32 Å². The third-order valence-electron chi connectivity index (χ3n) is 2.19. The number of amides is 1. The minimum atomic E-state index is -2.50. The summed E-state index contributed by atoms with van der Waals surface area (Å²) in [5.74, 6) is -2.76. The lowest BCUT2D eigenvalue weighted by Gasteiger charge is -2.13. The van der Waals surface area contributed by atoms with Gasteiger partial charge in [-0.05, 0) is 26.1 Å². The van der Waals surface area contributed by atoms with Crippen LogP contribution in [0.5, 0.6) is 0 Å². The van der Waals surface area contributed by atoms with Crippen molar-refractivity contribution in [3.8, 4) is 0 Å². The van der Waals surface area contributed by atoms with E-state index in [9.17, 15) is 13.6 Å². The first-order chi connectivity index (χ1) is 8.04. The number of anilines is 1. The molecule has 0 saturated heterocycles. The molecule has 0 aliphatic rings. The number of rotatable bonds is 5. The van der Waals surface area contributed by atoms with Crippen LogP contribution in [0.3, 0.4) is 0 Å². The van der Waals surface area contributed by atoms with Crippen molar-refractivity contribution in [3.63, 3.8) is 0 Å². The Kier molecular flexibility index (Phi) is 5.37. The van der Waals surface area contributed by atoms with Gasteiger partial charge in [-0.15, -0.1) is 0 Å². The molecule has 0 aliphatic carbocycles. The summed E-state index contributed by atoms with van der Waals surface area (Å²) in [5, 5.41) is 5.39. The number of halogens is 2. The van der Waals surface area contributed by atoms with E-state index in [-0.39, 0.29) is 11.9 Å². The molecular weight excluding hydrogens is 246 g/mol. The van der Waals surface area contributed by atoms with E-state index < -0.39 is 5.76 Å². The number of hydrogen-bond donors (Lipinski definition) is 2. The molecule has 0 fully saturated rings. The largest absolute Gasteiger partial charge is 0.324 e. The number of carbonyl (C=O) groups excluding carboxylic acids is 1. The number of hydrogen-bond acceptors (Lipinski definition) is 3. The lowest BCUT2D eigenvalue weighted by atomic mass is 10.2. The predicted molar refractivity (Wildman–Crippen MR) is 65.5 cm³/mol. The van der Waals surface area contributed by atoms with E-state index in [4.69, 9.17) is 0 Å². The van der Waals surface area contributed by atoms with Crippen LogP contribution in [0.15, 0.2) is 29.2 Å². The molecule has 0 radical (unpaired) electrons. The van der Waals surface area contributed by atoms with Crippen molar-refractivity contribution in [1.29, 1.82) is 0 Å². The lowest BCUT2D eigenvalue weighted by molar-refractivity contribution is -0.117. The van der Waals surface area contributed by atoms with E-state index in [1.54, 1.807) is 38.2 Å². The number of para-hydroxylation sites is 1. The normalized spacial score (nSPS) is 12.5. The van der Waals surface area contributed by atoms with Gasteiger partial charge in [0.2, 0.25) is 5.91 Å². The Balaban J connectivity index is 2.79. The SMILES string of the molecule is CNC(C)C(=O)Nc1ccccc1SC(F)F. The van der Waals surface area contributed by atoms with Crippen LogP contribution < -0.4 is 10.6 Å². The first-order valence-corrected chi connectivity index (χ1v) is 5.94. The zero-order chi connectivity index (χ0) is 12.8. The number of carbonyl (C=O) groups is 1. The Morgan fingerprint density at radius 2 is 2.00 bits per heavy atom. The highest BCUT2D eigenvalue weighted by molar-refractivity contribution is 7.99. The molecule has 0 heterocycles. The van der Waals surface area contributed by atoms with E-state index in [0.29, 0.717) is 22.3 Å². The molecule has 0 aliphatic heterocycles. The highest BCUT2D eigenvalue weighted by atomic mass is 32.2. The molecule has 1 aromatic carbocycles. The van der Waals surface area contributed by atoms with E-state index in [2.05, 4.69) is 10.6 Å². The van der Waals surface area contributed by atoms with Crippen molar-refractivity contribution in [2.75, 3.05) is 12.4 Å². The van der Waals surface area contributed by atoms with Gasteiger partial charge >= 0.3 is 0 Å². The summed E-state index contributed by atoms with van der Waals surface area (Å²) in [7, 11) is 1.66. The summed E-state index contributed by atoms with van der Waals surface area (Å²) in [6, 6.07) is 6.12. The topological polar surface area (TPSA) is 41.1 Å². The maximum Gasteiger partial charge on any atom is 0.288 e. The zero-order valence-corrected chi connectivity index (χ0v) is 10.4. The van der Waals surface area contributed by atoms with Crippen LogP contribution in [-0.4, -0.2) is 24.8 Å². The molecule has 0 spiro atoms. The van der Waals surface area contributed by atoms with Crippen LogP contribution in [0.4, 0.5) is 14.5 Å². The molecule has 0 bridgehead atoms. The van der Waals surface area contributed by atoms with Crippen LogP contribution >= 0.6 is 11.8 Å². The van der Waals surface area contributed by atoms with Gasteiger partial charge in [0.05, 0.1) is 11.7 Å². The molecule has 1 unspecified atom stereocenters. The predicted octanol–water partition coefficient (Wildman–Crippen LogP) is 2.55. The van der Waals surface area contributed by atoms with E-state index in [1.807, 2.05) is 0 Å². The van der Waals surface area contributed by atoms with Crippen LogP contribution in [0, 0.1) is 0 Å². The third kappa shape index (κ3) is 4.32. The second-order valence-electron chi connectivity index (χ2n) is 3.37. The van der Waals surface area contributed by atoms with Crippen molar-refractivity contribution < 1.29 is 13.6 Å². The van der Waals surface area contributed by atoms with Crippen molar-refractivity contribution >= 4 is 23.4 Å². The average molecular weight is 260 g/mol. The average Bonchev–Trinajstić information content (AvgIpc) is 2.29. The molecule has 6 heteroatoms. The molecule has 0 saturated carbocycles. The maximum absolute atomic E-state index is 12.3. The fraction of sp³-hybridized carbons (Fsp3) is 0.364. The number of likely N-dealkylation sites (N-methyl/N-ethyl adjacent to an activating group) is 1. The quantitative estimate of drug-likeness (QED) is 0.799. The summed E-state index contributed by atoms with van der Waals surface area (Å²) in [6.07, 6.45) is 0. The minimum absolute atomic E-state index is 0.255. The second kappa shape index (κ2) is 6.56. The number of nitrogens with one attached hydrogen (secondary N) is 2. The first kappa shape index (κ1) is 13.9. The Morgan fingerprint density at radius 3 is 2.59 bits per heavy atom. The first-order valence-electron chi connectivity index (χ1n) is 5.06. The van der Waals surface area contributed by atoms with Gasteiger partial charge in [0.25, 0.3) is 5.76 Å². The molecular formula is C11H14F2N2OS. The van der Waals surface area contributed by atoms with Gasteiger partial charge in [0, 0.05) is 4.90 Å². The van der Waals surface area contributed by atoms with Crippen LogP contribution in [-0.2, 0) is 4.79 Å². The van der Waals surface area contributed by atoms with E-state index in [0.717, 1.165) is 0 Å². The monoisotopic (exact) mass is 260 g/mol. The molecule has 1 amide bonds. The number of alkyl halides is 2. The summed E-state index contributed by atoms with van der Waals surface area (Å²) < 4.78 is 24.6. The van der Waals surface area contributed by atoms with Gasteiger partial charge in [-0.25, -0.2) is 0 Å². The lowest BCUT2D eigenvalue weighted by Crippen LogP contribution is -2.35. The minimum Gasteiger partial charge on any atom is -0.324 e. The molecule has 3 nitrogen and oxygen atoms in total. The molecule has 1 atom stereocenters. The summed E-state index contributed by atoms with van der Waals surface area (Å²) in [5.41, 5.74) is 0.407. The van der Waals surface area contributed by atoms with Crippen LogP contribution in [0.2, 0.25) is 0 Å². The van der Waals surface area contributed by atoms with Gasteiger partial charge in [0.15, 0.2) is 0 Å². The van der Waals surface area contributed by atoms with Gasteiger partial charge < -0.3 is 10.6 Å². The van der Waals surface area contributed by atoms with E-state index >= 15 is 0 Å². The van der Waals surface area contributed by atoms with Gasteiger partial charge in [-0.2, -0.15) is 8.78 Å². The standard InChI is InChI=1S/C11H14F2N2OS/c1-7(14-2)10(16)15-8-5-3-4-6-9(8)17-11(12)13/h3-7,11,14H,1-2H3,(H,15,16). The fourth-order valence-corrected chi connectivity index (χ4v) is 1.74. The number of benzene rings is 1. The van der Waals surface area contributed by atoms with Crippen molar-refractivity contribution in [2.24, 2.45) is 0 Å².